The molecule has 2 rings (SSSR count). The average molecular weight is 252 g/mol. The van der Waals surface area contributed by atoms with Gasteiger partial charge < -0.3 is 20.3 Å². The highest BCUT2D eigenvalue weighted by atomic mass is 16.5. The van der Waals surface area contributed by atoms with Crippen molar-refractivity contribution in [1.29, 1.82) is 0 Å². The summed E-state index contributed by atoms with van der Waals surface area (Å²) < 4.78 is 10.4. The van der Waals surface area contributed by atoms with E-state index < -0.39 is 6.10 Å². The smallest absolute Gasteiger partial charge is 0.141 e. The summed E-state index contributed by atoms with van der Waals surface area (Å²) in [5.41, 5.74) is 7.20. The van der Waals surface area contributed by atoms with Crippen molar-refractivity contribution in [2.45, 2.75) is 6.10 Å². The number of morpholine rings is 1. The zero-order valence-electron chi connectivity index (χ0n) is 10.6. The van der Waals surface area contributed by atoms with Gasteiger partial charge in [0.15, 0.2) is 0 Å². The molecule has 1 aromatic rings. The molecule has 0 spiro atoms. The number of aliphatic hydroxyl groups is 1. The highest BCUT2D eigenvalue weighted by Crippen LogP contribution is 2.25. The van der Waals surface area contributed by atoms with Crippen molar-refractivity contribution in [1.82, 2.24) is 4.90 Å². The van der Waals surface area contributed by atoms with Crippen molar-refractivity contribution in [2.75, 3.05) is 45.7 Å². The number of β-amino-alcohol motifs (C(OH)–C–C–N with tert-alkyl or cyclic N) is 1. The van der Waals surface area contributed by atoms with Gasteiger partial charge in [0.25, 0.3) is 0 Å². The van der Waals surface area contributed by atoms with E-state index in [-0.39, 0.29) is 0 Å². The van der Waals surface area contributed by atoms with Crippen LogP contribution in [-0.2, 0) is 4.74 Å². The van der Waals surface area contributed by atoms with E-state index in [0.717, 1.165) is 31.9 Å². The molecule has 1 fully saturated rings. The molecule has 1 aliphatic heterocycles. The summed E-state index contributed by atoms with van der Waals surface area (Å²) in [6.07, 6.45) is -0.531. The molecule has 3 N–H and O–H groups in total. The van der Waals surface area contributed by atoms with E-state index in [1.54, 1.807) is 19.2 Å². The third-order valence-corrected chi connectivity index (χ3v) is 3.17. The van der Waals surface area contributed by atoms with Gasteiger partial charge >= 0.3 is 0 Å². The predicted octanol–water partition coefficient (Wildman–Crippen LogP) is 0.643. The van der Waals surface area contributed by atoms with Crippen molar-refractivity contribution < 1.29 is 14.6 Å². The fourth-order valence-corrected chi connectivity index (χ4v) is 2.09. The molecule has 0 radical (unpaired) electrons. The maximum atomic E-state index is 10.2. The Hall–Kier alpha value is -1.30. The monoisotopic (exact) mass is 252 g/mol. The first-order chi connectivity index (χ1) is 8.70. The minimum Gasteiger partial charge on any atom is -0.495 e. The average Bonchev–Trinajstić information content (AvgIpc) is 2.39. The molecule has 1 heterocycles. The number of ether oxygens (including phenoxy) is 2. The summed E-state index contributed by atoms with van der Waals surface area (Å²) in [6.45, 7) is 3.80. The lowest BCUT2D eigenvalue weighted by atomic mass is 10.1. The second-order valence-corrected chi connectivity index (χ2v) is 4.43. The lowest BCUT2D eigenvalue weighted by Gasteiger charge is -2.28. The maximum absolute atomic E-state index is 10.2. The number of nitrogen functional groups attached to an aromatic ring is 1. The van der Waals surface area contributed by atoms with Crippen LogP contribution in [0, 0.1) is 0 Å². The SMILES string of the molecule is COc1ccc(C(O)CN2CCOCC2)cc1N. The second-order valence-electron chi connectivity index (χ2n) is 4.43. The highest BCUT2D eigenvalue weighted by Gasteiger charge is 2.16. The van der Waals surface area contributed by atoms with E-state index >= 15 is 0 Å². The Morgan fingerprint density at radius 2 is 2.17 bits per heavy atom. The molecule has 0 saturated carbocycles. The van der Waals surface area contributed by atoms with E-state index in [0.29, 0.717) is 18.0 Å². The topological polar surface area (TPSA) is 68.0 Å². The van der Waals surface area contributed by atoms with Crippen LogP contribution < -0.4 is 10.5 Å². The third-order valence-electron chi connectivity index (χ3n) is 3.17. The van der Waals surface area contributed by atoms with Gasteiger partial charge in [-0.3, -0.25) is 4.90 Å². The highest BCUT2D eigenvalue weighted by molar-refractivity contribution is 5.54. The summed E-state index contributed by atoms with van der Waals surface area (Å²) in [5.74, 6) is 0.636. The van der Waals surface area contributed by atoms with Gasteiger partial charge in [0.1, 0.15) is 5.75 Å². The van der Waals surface area contributed by atoms with Gasteiger partial charge in [-0.25, -0.2) is 0 Å². The predicted molar refractivity (Wildman–Crippen MR) is 69.6 cm³/mol. The molecule has 1 atom stereocenters. The van der Waals surface area contributed by atoms with Gasteiger partial charge in [0.2, 0.25) is 0 Å². The van der Waals surface area contributed by atoms with Gasteiger partial charge in [0.05, 0.1) is 32.1 Å². The number of hydrogen-bond acceptors (Lipinski definition) is 5. The molecule has 100 valence electrons. The van der Waals surface area contributed by atoms with E-state index in [4.69, 9.17) is 15.2 Å². The van der Waals surface area contributed by atoms with Crippen LogP contribution in [0.5, 0.6) is 5.75 Å². The third kappa shape index (κ3) is 3.13. The fraction of sp³-hybridized carbons (Fsp3) is 0.538. The standard InChI is InChI=1S/C13H20N2O3/c1-17-13-3-2-10(8-11(13)14)12(16)9-15-4-6-18-7-5-15/h2-3,8,12,16H,4-7,9,14H2,1H3. The van der Waals surface area contributed by atoms with Crippen LogP contribution in [0.3, 0.4) is 0 Å². The lowest BCUT2D eigenvalue weighted by molar-refractivity contribution is 0.0143. The molecule has 5 heteroatoms. The number of anilines is 1. The van der Waals surface area contributed by atoms with Gasteiger partial charge in [-0.2, -0.15) is 0 Å². The number of nitrogens with zero attached hydrogens (tertiary/aromatic N) is 1. The Labute approximate surface area is 107 Å². The molecule has 1 aliphatic rings. The molecular formula is C13H20N2O3. The Morgan fingerprint density at radius 1 is 1.44 bits per heavy atom. The summed E-state index contributed by atoms with van der Waals surface area (Å²) in [7, 11) is 1.58. The molecule has 0 aromatic heterocycles. The molecule has 0 bridgehead atoms. The van der Waals surface area contributed by atoms with E-state index in [9.17, 15) is 5.11 Å². The summed E-state index contributed by atoms with van der Waals surface area (Å²) in [5, 5.41) is 10.2. The molecular weight excluding hydrogens is 232 g/mol. The van der Waals surface area contributed by atoms with Crippen molar-refractivity contribution >= 4 is 5.69 Å². The number of rotatable bonds is 4. The lowest BCUT2D eigenvalue weighted by Crippen LogP contribution is -2.38. The Balaban J connectivity index is 1.99. The van der Waals surface area contributed by atoms with Gasteiger partial charge in [-0.15, -0.1) is 0 Å². The van der Waals surface area contributed by atoms with Crippen LogP contribution in [-0.4, -0.2) is 50.0 Å². The van der Waals surface area contributed by atoms with Crippen molar-refractivity contribution in [3.8, 4) is 5.75 Å². The van der Waals surface area contributed by atoms with Gasteiger partial charge in [0, 0.05) is 19.6 Å². The van der Waals surface area contributed by atoms with Crippen molar-refractivity contribution in [3.05, 3.63) is 23.8 Å². The van der Waals surface area contributed by atoms with Crippen LogP contribution in [0.4, 0.5) is 5.69 Å². The van der Waals surface area contributed by atoms with E-state index in [2.05, 4.69) is 4.90 Å². The minimum atomic E-state index is -0.531. The van der Waals surface area contributed by atoms with Crippen LogP contribution in [0.1, 0.15) is 11.7 Å². The summed E-state index contributed by atoms with van der Waals surface area (Å²) in [6, 6.07) is 5.40. The maximum Gasteiger partial charge on any atom is 0.141 e. The Bertz CT molecular complexity index is 392. The number of benzene rings is 1. The van der Waals surface area contributed by atoms with E-state index in [1.807, 2.05) is 6.07 Å². The molecule has 0 aliphatic carbocycles. The first-order valence-electron chi connectivity index (χ1n) is 6.12. The van der Waals surface area contributed by atoms with E-state index in [1.165, 1.54) is 0 Å². The molecule has 5 nitrogen and oxygen atoms in total. The zero-order chi connectivity index (χ0) is 13.0. The number of methoxy groups -OCH3 is 1. The number of aliphatic hydroxyl groups excluding tert-OH is 1. The molecule has 18 heavy (non-hydrogen) atoms. The first-order valence-corrected chi connectivity index (χ1v) is 6.12. The van der Waals surface area contributed by atoms with Gasteiger partial charge in [-0.1, -0.05) is 6.07 Å². The quantitative estimate of drug-likeness (QED) is 0.770. The normalized spacial score (nSPS) is 18.6. The minimum absolute atomic E-state index is 0.531. The van der Waals surface area contributed by atoms with Crippen LogP contribution >= 0.6 is 0 Å². The number of hydrogen-bond donors (Lipinski definition) is 2. The van der Waals surface area contributed by atoms with Crippen LogP contribution in [0.25, 0.3) is 0 Å². The molecule has 1 aromatic carbocycles. The van der Waals surface area contributed by atoms with Crippen molar-refractivity contribution in [2.24, 2.45) is 0 Å². The summed E-state index contributed by atoms with van der Waals surface area (Å²) in [4.78, 5) is 2.19. The van der Waals surface area contributed by atoms with Gasteiger partial charge in [-0.05, 0) is 17.7 Å². The molecule has 0 amide bonds. The van der Waals surface area contributed by atoms with Crippen LogP contribution in [0.2, 0.25) is 0 Å². The zero-order valence-corrected chi connectivity index (χ0v) is 10.6. The fourth-order valence-electron chi connectivity index (χ4n) is 2.09. The Morgan fingerprint density at radius 3 is 2.78 bits per heavy atom. The number of nitrogens with two attached hydrogens (primary N) is 1. The van der Waals surface area contributed by atoms with Crippen LogP contribution in [0.15, 0.2) is 18.2 Å². The first kappa shape index (κ1) is 13.1. The largest absolute Gasteiger partial charge is 0.495 e. The molecule has 1 saturated heterocycles. The summed E-state index contributed by atoms with van der Waals surface area (Å²) >= 11 is 0. The Kier molecular flexibility index (Phi) is 4.41. The second kappa shape index (κ2) is 6.04. The molecule has 1 unspecified atom stereocenters. The van der Waals surface area contributed by atoms with Crippen molar-refractivity contribution in [3.63, 3.8) is 0 Å².